The zero-order chi connectivity index (χ0) is 23.1. The Balaban J connectivity index is 1.40. The van der Waals surface area contributed by atoms with Gasteiger partial charge >= 0.3 is 0 Å². The molecule has 0 radical (unpaired) electrons. The number of nitrogens with two attached hydrogens (primary N) is 1. The number of primary amides is 1. The summed E-state index contributed by atoms with van der Waals surface area (Å²) in [7, 11) is 1.51. The third-order valence-electron chi connectivity index (χ3n) is 6.50. The van der Waals surface area contributed by atoms with Crippen molar-refractivity contribution in [2.45, 2.75) is 37.9 Å². The van der Waals surface area contributed by atoms with Crippen molar-refractivity contribution in [1.29, 1.82) is 0 Å². The lowest BCUT2D eigenvalue weighted by Gasteiger charge is -2.34. The minimum atomic E-state index is -0.652. The zero-order valence-electron chi connectivity index (χ0n) is 18.1. The summed E-state index contributed by atoms with van der Waals surface area (Å²) in [5.74, 6) is -0.270. The minimum absolute atomic E-state index is 0.00829. The Hall–Kier alpha value is -3.95. The van der Waals surface area contributed by atoms with Crippen LogP contribution in [0.3, 0.4) is 0 Å². The topological polar surface area (TPSA) is 132 Å². The molecule has 3 aromatic rings. The van der Waals surface area contributed by atoms with Gasteiger partial charge in [-0.2, -0.15) is 10.1 Å². The van der Waals surface area contributed by atoms with E-state index in [4.69, 9.17) is 10.5 Å². The minimum Gasteiger partial charge on any atom is -0.481 e. The first kappa shape index (κ1) is 20.9. The molecule has 2 aromatic heterocycles. The Morgan fingerprint density at radius 2 is 1.97 bits per heavy atom. The predicted octanol–water partition coefficient (Wildman–Crippen LogP) is 1.56. The molecular weight excluding hydrogens is 424 g/mol. The Kier molecular flexibility index (Phi) is 5.20. The molecule has 1 aromatic carbocycles. The Bertz CT molecular complexity index is 1250. The number of anilines is 1. The number of nitrogens with one attached hydrogen (secondary N) is 1. The van der Waals surface area contributed by atoms with Crippen molar-refractivity contribution in [2.75, 3.05) is 12.4 Å². The van der Waals surface area contributed by atoms with E-state index < -0.39 is 11.9 Å². The molecule has 33 heavy (non-hydrogen) atoms. The third kappa shape index (κ3) is 3.67. The highest BCUT2D eigenvalue weighted by Gasteiger charge is 2.51. The molecule has 3 heterocycles. The molecule has 1 saturated heterocycles. The third-order valence-corrected chi connectivity index (χ3v) is 6.50. The number of aromatic nitrogens is 3. The van der Waals surface area contributed by atoms with Gasteiger partial charge in [-0.15, -0.1) is 0 Å². The summed E-state index contributed by atoms with van der Waals surface area (Å²) in [5.41, 5.74) is 6.24. The number of rotatable bonds is 6. The van der Waals surface area contributed by atoms with E-state index >= 15 is 0 Å². The lowest BCUT2D eigenvalue weighted by molar-refractivity contribution is -0.141. The highest BCUT2D eigenvalue weighted by Crippen LogP contribution is 2.43. The number of carbonyl (C=O) groups excluding carboxylic acids is 3. The summed E-state index contributed by atoms with van der Waals surface area (Å²) in [4.78, 5) is 44.4. The molecule has 10 nitrogen and oxygen atoms in total. The van der Waals surface area contributed by atoms with Crippen molar-refractivity contribution in [3.8, 4) is 5.88 Å². The molecule has 1 saturated carbocycles. The van der Waals surface area contributed by atoms with Crippen LogP contribution in [0, 0.1) is 5.92 Å². The van der Waals surface area contributed by atoms with E-state index in [1.165, 1.54) is 11.8 Å². The first-order valence-electron chi connectivity index (χ1n) is 10.8. The van der Waals surface area contributed by atoms with Crippen molar-refractivity contribution in [3.63, 3.8) is 0 Å². The van der Waals surface area contributed by atoms with Gasteiger partial charge in [0.05, 0.1) is 12.6 Å². The molecule has 3 N–H and O–H groups in total. The molecule has 1 aliphatic carbocycles. The number of para-hydroxylation sites is 1. The van der Waals surface area contributed by atoms with Gasteiger partial charge in [-0.05, 0) is 37.3 Å². The molecule has 2 bridgehead atoms. The lowest BCUT2D eigenvalue weighted by Crippen LogP contribution is -2.52. The molecule has 1 aliphatic heterocycles. The van der Waals surface area contributed by atoms with E-state index in [9.17, 15) is 14.4 Å². The van der Waals surface area contributed by atoms with E-state index in [1.807, 2.05) is 6.07 Å². The van der Waals surface area contributed by atoms with Gasteiger partial charge in [0.15, 0.2) is 5.69 Å². The van der Waals surface area contributed by atoms with Crippen LogP contribution in [0.2, 0.25) is 0 Å². The van der Waals surface area contributed by atoms with Gasteiger partial charge in [0.2, 0.25) is 17.7 Å². The number of ether oxygens (including phenoxy) is 1. The number of carbonyl (C=O) groups is 3. The maximum Gasteiger partial charge on any atom is 0.269 e. The second kappa shape index (κ2) is 8.19. The second-order valence-electron chi connectivity index (χ2n) is 8.41. The van der Waals surface area contributed by atoms with Crippen LogP contribution in [0.1, 0.15) is 29.8 Å². The normalized spacial score (nSPS) is 21.4. The Labute approximate surface area is 189 Å². The largest absolute Gasteiger partial charge is 0.481 e. The number of pyridine rings is 1. The number of amides is 3. The maximum absolute atomic E-state index is 13.4. The number of likely N-dealkylation sites (tertiary alicyclic amines) is 1. The van der Waals surface area contributed by atoms with E-state index in [-0.39, 0.29) is 36.0 Å². The number of benzene rings is 1. The number of hydrogen-bond acceptors (Lipinski definition) is 6. The van der Waals surface area contributed by atoms with Crippen LogP contribution in [0.4, 0.5) is 5.82 Å². The average Bonchev–Trinajstić information content (AvgIpc) is 3.52. The van der Waals surface area contributed by atoms with Crippen LogP contribution in [-0.2, 0) is 16.1 Å². The Morgan fingerprint density at radius 1 is 1.15 bits per heavy atom. The standard InChI is InChI=1S/C23H24N6O4/c1-33-18-8-4-7-17(25-18)26-23(32)21-13-9-10-14(11-13)29(21)19(30)12-28-16-6-3-2-5-15(16)20(27-28)22(24)31/h2-8,13-14,21H,9-12H2,1H3,(H2,24,31)(H,25,26,32)/t13-,14+,21?/m0/s1. The first-order valence-corrected chi connectivity index (χ1v) is 10.8. The van der Waals surface area contributed by atoms with Crippen LogP contribution in [0.5, 0.6) is 5.88 Å². The van der Waals surface area contributed by atoms with Gasteiger partial charge in [-0.25, -0.2) is 0 Å². The van der Waals surface area contributed by atoms with Gasteiger partial charge in [-0.1, -0.05) is 24.3 Å². The van der Waals surface area contributed by atoms with Crippen molar-refractivity contribution >= 4 is 34.4 Å². The SMILES string of the molecule is COc1cccc(NC(=O)C2[C@H]3CC[C@H](C3)N2C(=O)Cn2nc(C(N)=O)c3ccccc32)n1. The van der Waals surface area contributed by atoms with Gasteiger partial charge in [0.1, 0.15) is 18.4 Å². The number of fused-ring (bicyclic) bond motifs is 3. The number of methoxy groups -OCH3 is 1. The molecular formula is C23H24N6O4. The van der Waals surface area contributed by atoms with E-state index in [1.54, 1.807) is 41.3 Å². The fourth-order valence-electron chi connectivity index (χ4n) is 5.12. The van der Waals surface area contributed by atoms with E-state index in [2.05, 4.69) is 15.4 Å². The second-order valence-corrected chi connectivity index (χ2v) is 8.41. The molecule has 2 aliphatic rings. The van der Waals surface area contributed by atoms with E-state index in [0.29, 0.717) is 22.6 Å². The van der Waals surface area contributed by atoms with Crippen molar-refractivity contribution < 1.29 is 19.1 Å². The summed E-state index contributed by atoms with van der Waals surface area (Å²) < 4.78 is 6.61. The molecule has 5 rings (SSSR count). The average molecular weight is 448 g/mol. The number of piperidine rings is 1. The summed E-state index contributed by atoms with van der Waals surface area (Å²) in [6, 6.07) is 11.7. The van der Waals surface area contributed by atoms with Gasteiger partial charge in [-0.3, -0.25) is 19.1 Å². The fraction of sp³-hybridized carbons (Fsp3) is 0.348. The molecule has 0 spiro atoms. The number of nitrogens with zero attached hydrogens (tertiary/aromatic N) is 4. The lowest BCUT2D eigenvalue weighted by atomic mass is 9.97. The van der Waals surface area contributed by atoms with Crippen LogP contribution in [0.15, 0.2) is 42.5 Å². The molecule has 1 unspecified atom stereocenters. The molecule has 170 valence electrons. The maximum atomic E-state index is 13.4. The van der Waals surface area contributed by atoms with Gasteiger partial charge in [0.25, 0.3) is 5.91 Å². The highest BCUT2D eigenvalue weighted by molar-refractivity contribution is 6.04. The first-order chi connectivity index (χ1) is 16.0. The molecule has 10 heteroatoms. The van der Waals surface area contributed by atoms with Crippen LogP contribution in [-0.4, -0.2) is 56.6 Å². The highest BCUT2D eigenvalue weighted by atomic mass is 16.5. The van der Waals surface area contributed by atoms with Crippen molar-refractivity contribution in [2.24, 2.45) is 11.7 Å². The predicted molar refractivity (Wildman–Crippen MR) is 119 cm³/mol. The van der Waals surface area contributed by atoms with Crippen LogP contribution >= 0.6 is 0 Å². The quantitative estimate of drug-likeness (QED) is 0.588. The monoisotopic (exact) mass is 448 g/mol. The molecule has 2 fully saturated rings. The molecule has 3 amide bonds. The van der Waals surface area contributed by atoms with Crippen LogP contribution < -0.4 is 15.8 Å². The summed E-state index contributed by atoms with van der Waals surface area (Å²) in [6.07, 6.45) is 2.56. The van der Waals surface area contributed by atoms with Crippen LogP contribution in [0.25, 0.3) is 10.9 Å². The fourth-order valence-corrected chi connectivity index (χ4v) is 5.12. The van der Waals surface area contributed by atoms with Gasteiger partial charge < -0.3 is 20.7 Å². The number of hydrogen-bond donors (Lipinski definition) is 2. The summed E-state index contributed by atoms with van der Waals surface area (Å²) >= 11 is 0. The molecule has 3 atom stereocenters. The zero-order valence-corrected chi connectivity index (χ0v) is 18.1. The summed E-state index contributed by atoms with van der Waals surface area (Å²) in [5, 5.41) is 7.72. The van der Waals surface area contributed by atoms with Crippen molar-refractivity contribution in [3.05, 3.63) is 48.2 Å². The smallest absolute Gasteiger partial charge is 0.269 e. The van der Waals surface area contributed by atoms with Gasteiger partial charge in [0, 0.05) is 17.5 Å². The Morgan fingerprint density at radius 3 is 2.76 bits per heavy atom. The van der Waals surface area contributed by atoms with E-state index in [0.717, 1.165) is 19.3 Å². The van der Waals surface area contributed by atoms with Crippen molar-refractivity contribution in [1.82, 2.24) is 19.7 Å². The summed E-state index contributed by atoms with van der Waals surface area (Å²) in [6.45, 7) is -0.0851.